The summed E-state index contributed by atoms with van der Waals surface area (Å²) in [5.41, 5.74) is 0.587. The molecule has 2 heterocycles. The summed E-state index contributed by atoms with van der Waals surface area (Å²) in [6.45, 7) is 4.63. The Morgan fingerprint density at radius 1 is 0.933 bits per heavy atom. The second-order valence-electron chi connectivity index (χ2n) is 6.95. The Morgan fingerprint density at radius 2 is 1.53 bits per heavy atom. The molecule has 0 aliphatic carbocycles. The number of hydrogen-bond acceptors (Lipinski definition) is 6. The number of carbonyl (C=O) groups is 2. The molecule has 30 heavy (non-hydrogen) atoms. The topological polar surface area (TPSA) is 103 Å². The molecule has 0 atom stereocenters. The molecule has 0 unspecified atom stereocenters. The van der Waals surface area contributed by atoms with Crippen molar-refractivity contribution in [2.45, 2.75) is 20.0 Å². The highest BCUT2D eigenvalue weighted by molar-refractivity contribution is 5.94. The van der Waals surface area contributed by atoms with Gasteiger partial charge in [-0.15, -0.1) is 0 Å². The second-order valence-corrected chi connectivity index (χ2v) is 6.95. The molecule has 0 fully saturated rings. The summed E-state index contributed by atoms with van der Waals surface area (Å²) in [6.07, 6.45) is 1.93. The van der Waals surface area contributed by atoms with Gasteiger partial charge in [-0.25, -0.2) is 0 Å². The number of amides is 2. The van der Waals surface area contributed by atoms with Crippen LogP contribution in [-0.2, 0) is 0 Å². The summed E-state index contributed by atoms with van der Waals surface area (Å²) in [5, 5.41) is 5.49. The maximum Gasteiger partial charge on any atom is 0.288 e. The van der Waals surface area contributed by atoms with Crippen LogP contribution < -0.4 is 20.1 Å². The maximum atomic E-state index is 12.5. The van der Waals surface area contributed by atoms with Crippen molar-refractivity contribution in [1.82, 2.24) is 10.6 Å². The fraction of sp³-hybridized carbons (Fsp3) is 0.273. The Hall–Kier alpha value is -3.68. The van der Waals surface area contributed by atoms with E-state index in [-0.39, 0.29) is 11.5 Å². The van der Waals surface area contributed by atoms with E-state index < -0.39 is 18.0 Å². The van der Waals surface area contributed by atoms with E-state index in [4.69, 9.17) is 18.3 Å². The monoisotopic (exact) mass is 412 g/mol. The maximum absolute atomic E-state index is 12.5. The van der Waals surface area contributed by atoms with Gasteiger partial charge in [0, 0.05) is 0 Å². The van der Waals surface area contributed by atoms with E-state index in [0.29, 0.717) is 29.6 Å². The molecule has 8 heteroatoms. The van der Waals surface area contributed by atoms with Crippen LogP contribution in [0.2, 0.25) is 0 Å². The van der Waals surface area contributed by atoms with E-state index in [2.05, 4.69) is 10.6 Å². The third-order valence-corrected chi connectivity index (χ3v) is 4.13. The average molecular weight is 412 g/mol. The largest absolute Gasteiger partial charge is 0.493 e. The Bertz CT molecular complexity index is 915. The molecule has 1 aromatic carbocycles. The number of furan rings is 2. The van der Waals surface area contributed by atoms with Crippen molar-refractivity contribution in [3.8, 4) is 11.5 Å². The molecule has 2 N–H and O–H groups in total. The lowest BCUT2D eigenvalue weighted by atomic mass is 10.1. The van der Waals surface area contributed by atoms with Crippen molar-refractivity contribution in [2.75, 3.05) is 13.7 Å². The highest BCUT2D eigenvalue weighted by Gasteiger charge is 2.22. The SMILES string of the molecule is COc1cc(C(NC(=O)c2ccco2)NC(=O)c2ccco2)ccc1OCC(C)C. The Kier molecular flexibility index (Phi) is 6.79. The van der Waals surface area contributed by atoms with E-state index in [1.165, 1.54) is 31.8 Å². The molecular formula is C22H24N2O6. The Balaban J connectivity index is 1.86. The zero-order chi connectivity index (χ0) is 21.5. The molecule has 0 saturated heterocycles. The minimum atomic E-state index is -0.867. The van der Waals surface area contributed by atoms with E-state index in [0.717, 1.165) is 0 Å². The van der Waals surface area contributed by atoms with Crippen LogP contribution in [0, 0.1) is 5.92 Å². The first-order chi connectivity index (χ1) is 14.5. The van der Waals surface area contributed by atoms with Crippen molar-refractivity contribution in [3.63, 3.8) is 0 Å². The molecule has 0 radical (unpaired) electrons. The molecule has 0 bridgehead atoms. The molecule has 158 valence electrons. The molecule has 3 aromatic rings. The number of carbonyl (C=O) groups excluding carboxylic acids is 2. The second kappa shape index (κ2) is 9.69. The van der Waals surface area contributed by atoms with Crippen LogP contribution in [0.15, 0.2) is 63.8 Å². The summed E-state index contributed by atoms with van der Waals surface area (Å²) in [7, 11) is 1.53. The Morgan fingerprint density at radius 3 is 2.00 bits per heavy atom. The van der Waals surface area contributed by atoms with Gasteiger partial charge in [0.2, 0.25) is 0 Å². The van der Waals surface area contributed by atoms with Gasteiger partial charge in [-0.05, 0) is 47.9 Å². The number of rotatable bonds is 9. The summed E-state index contributed by atoms with van der Waals surface area (Å²) in [6, 6.07) is 11.5. The van der Waals surface area contributed by atoms with E-state index in [1.54, 1.807) is 30.3 Å². The smallest absolute Gasteiger partial charge is 0.288 e. The molecule has 2 amide bonds. The predicted octanol–water partition coefficient (Wildman–Crippen LogP) is 3.77. The van der Waals surface area contributed by atoms with Crippen molar-refractivity contribution >= 4 is 11.8 Å². The predicted molar refractivity (Wildman–Crippen MR) is 108 cm³/mol. The van der Waals surface area contributed by atoms with Crippen LogP contribution in [0.1, 0.15) is 46.7 Å². The van der Waals surface area contributed by atoms with E-state index in [1.807, 2.05) is 13.8 Å². The number of ether oxygens (including phenoxy) is 2. The van der Waals surface area contributed by atoms with Gasteiger partial charge in [0.1, 0.15) is 6.17 Å². The third-order valence-electron chi connectivity index (χ3n) is 4.13. The van der Waals surface area contributed by atoms with Crippen molar-refractivity contribution in [3.05, 3.63) is 72.1 Å². The minimum absolute atomic E-state index is 0.121. The molecule has 3 rings (SSSR count). The van der Waals surface area contributed by atoms with Crippen LogP contribution in [0.25, 0.3) is 0 Å². The lowest BCUT2D eigenvalue weighted by Crippen LogP contribution is -2.41. The molecule has 0 spiro atoms. The molecule has 2 aromatic heterocycles. The van der Waals surface area contributed by atoms with Gasteiger partial charge in [-0.3, -0.25) is 9.59 Å². The van der Waals surface area contributed by atoms with Crippen molar-refractivity contribution < 1.29 is 27.9 Å². The van der Waals surface area contributed by atoms with E-state index in [9.17, 15) is 9.59 Å². The summed E-state index contributed by atoms with van der Waals surface area (Å²) < 4.78 is 21.5. The number of nitrogens with one attached hydrogen (secondary N) is 2. The molecule has 0 saturated carbocycles. The number of hydrogen-bond donors (Lipinski definition) is 2. The first kappa shape index (κ1) is 21.0. The van der Waals surface area contributed by atoms with Gasteiger partial charge in [0.25, 0.3) is 11.8 Å². The first-order valence-corrected chi connectivity index (χ1v) is 9.47. The zero-order valence-corrected chi connectivity index (χ0v) is 17.0. The number of benzene rings is 1. The Labute approximate surface area is 174 Å². The standard InChI is InChI=1S/C22H24N2O6/c1-14(2)13-30-16-9-8-15(12-19(16)27-3)20(23-21(25)17-6-4-10-28-17)24-22(26)18-7-5-11-29-18/h4-12,14,20H,13H2,1-3H3,(H,23,25)(H,24,26). The fourth-order valence-corrected chi connectivity index (χ4v) is 2.66. The lowest BCUT2D eigenvalue weighted by molar-refractivity contribution is 0.0853. The average Bonchev–Trinajstić information content (AvgIpc) is 3.45. The van der Waals surface area contributed by atoms with Crippen molar-refractivity contribution in [1.29, 1.82) is 0 Å². The van der Waals surface area contributed by atoms with Gasteiger partial charge in [0.15, 0.2) is 23.0 Å². The van der Waals surface area contributed by atoms with Crippen molar-refractivity contribution in [2.24, 2.45) is 5.92 Å². The van der Waals surface area contributed by atoms with Crippen LogP contribution in [-0.4, -0.2) is 25.5 Å². The minimum Gasteiger partial charge on any atom is -0.493 e. The molecule has 8 nitrogen and oxygen atoms in total. The lowest BCUT2D eigenvalue weighted by Gasteiger charge is -2.21. The molecular weight excluding hydrogens is 388 g/mol. The highest BCUT2D eigenvalue weighted by atomic mass is 16.5. The third kappa shape index (κ3) is 5.22. The quantitative estimate of drug-likeness (QED) is 0.519. The highest BCUT2D eigenvalue weighted by Crippen LogP contribution is 2.30. The van der Waals surface area contributed by atoms with E-state index >= 15 is 0 Å². The fourth-order valence-electron chi connectivity index (χ4n) is 2.66. The van der Waals surface area contributed by atoms with Gasteiger partial charge >= 0.3 is 0 Å². The first-order valence-electron chi connectivity index (χ1n) is 9.47. The van der Waals surface area contributed by atoms with Gasteiger partial charge in [0.05, 0.1) is 26.2 Å². The normalized spacial score (nSPS) is 10.8. The van der Waals surface area contributed by atoms with Crippen LogP contribution in [0.4, 0.5) is 0 Å². The van der Waals surface area contributed by atoms with Crippen LogP contribution in [0.3, 0.4) is 0 Å². The van der Waals surface area contributed by atoms with Gasteiger partial charge in [-0.1, -0.05) is 19.9 Å². The summed E-state index contributed by atoms with van der Waals surface area (Å²) in [4.78, 5) is 25.0. The summed E-state index contributed by atoms with van der Waals surface area (Å²) in [5.74, 6) is 0.684. The molecule has 0 aliphatic rings. The molecule has 0 aliphatic heterocycles. The van der Waals surface area contributed by atoms with Gasteiger partial charge < -0.3 is 28.9 Å². The zero-order valence-electron chi connectivity index (χ0n) is 17.0. The summed E-state index contributed by atoms with van der Waals surface area (Å²) >= 11 is 0. The van der Waals surface area contributed by atoms with Gasteiger partial charge in [-0.2, -0.15) is 0 Å². The van der Waals surface area contributed by atoms with Crippen LogP contribution in [0.5, 0.6) is 11.5 Å². The number of methoxy groups -OCH3 is 1. The van der Waals surface area contributed by atoms with Crippen LogP contribution >= 0.6 is 0 Å².